The third kappa shape index (κ3) is 3.03. The lowest BCUT2D eigenvalue weighted by Crippen LogP contribution is -3.00. The van der Waals surface area contributed by atoms with Gasteiger partial charge in [0.25, 0.3) is 6.33 Å². The second kappa shape index (κ2) is 6.39. The SMILES string of the molecule is C[n+]1ccn(C(=O)N2CCc3ccccc3CC2)c1.[I-]. The van der Waals surface area contributed by atoms with E-state index in [0.717, 1.165) is 25.9 Å². The van der Waals surface area contributed by atoms with Gasteiger partial charge in [0.15, 0.2) is 0 Å². The smallest absolute Gasteiger partial charge is 0.415 e. The number of fused-ring (bicyclic) bond motifs is 1. The number of imidazole rings is 1. The van der Waals surface area contributed by atoms with E-state index in [-0.39, 0.29) is 30.0 Å². The predicted octanol–water partition coefficient (Wildman–Crippen LogP) is -1.61. The number of nitrogens with zero attached hydrogens (tertiary/aromatic N) is 3. The van der Waals surface area contributed by atoms with Gasteiger partial charge < -0.3 is 28.9 Å². The number of amides is 1. The first kappa shape index (κ1) is 15.0. The highest BCUT2D eigenvalue weighted by Gasteiger charge is 2.23. The van der Waals surface area contributed by atoms with Crippen molar-refractivity contribution in [3.63, 3.8) is 0 Å². The van der Waals surface area contributed by atoms with E-state index < -0.39 is 0 Å². The third-order valence-electron chi connectivity index (χ3n) is 3.68. The minimum Gasteiger partial charge on any atom is -1.00 e. The van der Waals surface area contributed by atoms with Crippen LogP contribution in [0.15, 0.2) is 43.0 Å². The first-order valence-corrected chi connectivity index (χ1v) is 6.63. The number of benzene rings is 1. The van der Waals surface area contributed by atoms with E-state index in [0.29, 0.717) is 0 Å². The maximum atomic E-state index is 12.4. The Bertz CT molecular complexity index is 582. The number of hydrogen-bond donors (Lipinski definition) is 0. The van der Waals surface area contributed by atoms with Gasteiger partial charge >= 0.3 is 6.03 Å². The quantitative estimate of drug-likeness (QED) is 0.398. The number of aromatic nitrogens is 2. The molecular weight excluding hydrogens is 365 g/mol. The zero-order valence-electron chi connectivity index (χ0n) is 11.5. The van der Waals surface area contributed by atoms with Crippen LogP contribution in [0, 0.1) is 0 Å². The van der Waals surface area contributed by atoms with Gasteiger partial charge in [-0.15, -0.1) is 0 Å². The first-order valence-electron chi connectivity index (χ1n) is 6.63. The second-order valence-corrected chi connectivity index (χ2v) is 5.02. The molecule has 0 unspecified atom stereocenters. The van der Waals surface area contributed by atoms with Gasteiger partial charge in [0.05, 0.1) is 7.05 Å². The van der Waals surface area contributed by atoms with Gasteiger partial charge in [0.2, 0.25) is 0 Å². The maximum Gasteiger partial charge on any atom is 0.415 e. The van der Waals surface area contributed by atoms with E-state index in [1.54, 1.807) is 17.1 Å². The maximum absolute atomic E-state index is 12.4. The van der Waals surface area contributed by atoms with Gasteiger partial charge in [-0.3, -0.25) is 0 Å². The zero-order chi connectivity index (χ0) is 13.2. The van der Waals surface area contributed by atoms with E-state index in [2.05, 4.69) is 24.3 Å². The topological polar surface area (TPSA) is 29.1 Å². The normalized spacial score (nSPS) is 14.2. The monoisotopic (exact) mass is 383 g/mol. The Balaban J connectivity index is 0.00000147. The van der Waals surface area contributed by atoms with Crippen molar-refractivity contribution < 1.29 is 33.3 Å². The van der Waals surface area contributed by atoms with Crippen LogP contribution in [0.2, 0.25) is 0 Å². The largest absolute Gasteiger partial charge is 1.00 e. The Morgan fingerprint density at radius 2 is 1.75 bits per heavy atom. The molecule has 1 aromatic heterocycles. The molecule has 0 bridgehead atoms. The van der Waals surface area contributed by atoms with Crippen LogP contribution in [0.5, 0.6) is 0 Å². The standard InChI is InChI=1S/C15H18N3O.HI/c1-16-10-11-18(12-16)15(19)17-8-6-13-4-2-3-5-14(13)7-9-17;/h2-5,10-12H,6-9H2,1H3;1H/q+1;/p-1. The molecule has 20 heavy (non-hydrogen) atoms. The van der Waals surface area contributed by atoms with Gasteiger partial charge in [-0.05, 0) is 24.0 Å². The van der Waals surface area contributed by atoms with Crippen LogP contribution in [0.1, 0.15) is 11.1 Å². The van der Waals surface area contributed by atoms with Crippen molar-refractivity contribution in [3.05, 3.63) is 54.1 Å². The van der Waals surface area contributed by atoms with Crippen LogP contribution in [-0.2, 0) is 19.9 Å². The summed E-state index contributed by atoms with van der Waals surface area (Å²) in [5.74, 6) is 0. The van der Waals surface area contributed by atoms with Crippen LogP contribution in [0.3, 0.4) is 0 Å². The van der Waals surface area contributed by atoms with Crippen molar-refractivity contribution in [2.24, 2.45) is 7.05 Å². The summed E-state index contributed by atoms with van der Waals surface area (Å²) in [6.45, 7) is 1.58. The summed E-state index contributed by atoms with van der Waals surface area (Å²) in [6.07, 6.45) is 7.37. The summed E-state index contributed by atoms with van der Waals surface area (Å²) in [5.41, 5.74) is 2.74. The fourth-order valence-corrected chi connectivity index (χ4v) is 2.59. The summed E-state index contributed by atoms with van der Waals surface area (Å²) >= 11 is 0. The molecule has 1 aliphatic heterocycles. The van der Waals surface area contributed by atoms with Gasteiger partial charge in [0.1, 0.15) is 12.4 Å². The van der Waals surface area contributed by atoms with Gasteiger partial charge in [-0.1, -0.05) is 24.3 Å². The molecule has 106 valence electrons. The Labute approximate surface area is 136 Å². The van der Waals surface area contributed by atoms with Gasteiger partial charge in [-0.25, -0.2) is 9.36 Å². The lowest BCUT2D eigenvalue weighted by molar-refractivity contribution is -0.670. The summed E-state index contributed by atoms with van der Waals surface area (Å²) in [7, 11) is 1.92. The van der Waals surface area contributed by atoms with Gasteiger partial charge in [-0.2, -0.15) is 4.57 Å². The van der Waals surface area contributed by atoms with Crippen LogP contribution in [0.4, 0.5) is 4.79 Å². The highest BCUT2D eigenvalue weighted by atomic mass is 127. The van der Waals surface area contributed by atoms with E-state index in [9.17, 15) is 4.79 Å². The van der Waals surface area contributed by atoms with Crippen molar-refractivity contribution in [2.75, 3.05) is 13.1 Å². The predicted molar refractivity (Wildman–Crippen MR) is 71.8 cm³/mol. The van der Waals surface area contributed by atoms with E-state index in [1.165, 1.54) is 11.1 Å². The molecule has 4 nitrogen and oxygen atoms in total. The number of halogens is 1. The van der Waals surface area contributed by atoms with Crippen LogP contribution in [0.25, 0.3) is 0 Å². The van der Waals surface area contributed by atoms with E-state index in [1.807, 2.05) is 22.7 Å². The van der Waals surface area contributed by atoms with Crippen molar-refractivity contribution >= 4 is 6.03 Å². The minimum atomic E-state index is 0. The molecule has 2 heterocycles. The molecule has 0 fully saturated rings. The highest BCUT2D eigenvalue weighted by molar-refractivity contribution is 5.76. The van der Waals surface area contributed by atoms with E-state index >= 15 is 0 Å². The van der Waals surface area contributed by atoms with E-state index in [4.69, 9.17) is 0 Å². The fourth-order valence-electron chi connectivity index (χ4n) is 2.59. The number of hydrogen-bond acceptors (Lipinski definition) is 1. The molecular formula is C15H18IN3O. The molecule has 0 spiro atoms. The first-order chi connectivity index (χ1) is 9.24. The summed E-state index contributed by atoms with van der Waals surface area (Å²) in [6, 6.07) is 8.54. The van der Waals surface area contributed by atoms with Crippen LogP contribution in [-0.4, -0.2) is 28.6 Å². The van der Waals surface area contributed by atoms with Crippen LogP contribution < -0.4 is 28.5 Å². The lowest BCUT2D eigenvalue weighted by Gasteiger charge is -2.16. The minimum absolute atomic E-state index is 0. The average Bonchev–Trinajstić information content (AvgIpc) is 2.74. The van der Waals surface area contributed by atoms with Crippen LogP contribution >= 0.6 is 0 Å². The summed E-state index contributed by atoms with van der Waals surface area (Å²) in [5, 5.41) is 0. The molecule has 0 saturated heterocycles. The molecule has 0 aliphatic carbocycles. The second-order valence-electron chi connectivity index (χ2n) is 5.02. The average molecular weight is 383 g/mol. The molecule has 0 N–H and O–H groups in total. The summed E-state index contributed by atoms with van der Waals surface area (Å²) < 4.78 is 3.53. The molecule has 0 radical (unpaired) electrons. The van der Waals surface area contributed by atoms with Crippen molar-refractivity contribution in [2.45, 2.75) is 12.8 Å². The third-order valence-corrected chi connectivity index (χ3v) is 3.68. The molecule has 1 aliphatic rings. The Kier molecular flexibility index (Phi) is 4.80. The Morgan fingerprint density at radius 1 is 1.15 bits per heavy atom. The molecule has 3 rings (SSSR count). The molecule has 0 atom stereocenters. The van der Waals surface area contributed by atoms with Crippen molar-refractivity contribution in [1.29, 1.82) is 0 Å². The van der Waals surface area contributed by atoms with Crippen molar-refractivity contribution in [3.8, 4) is 0 Å². The summed E-state index contributed by atoms with van der Waals surface area (Å²) in [4.78, 5) is 14.3. The fraction of sp³-hybridized carbons (Fsp3) is 0.333. The number of aryl methyl sites for hydroxylation is 1. The Morgan fingerprint density at radius 3 is 2.25 bits per heavy atom. The zero-order valence-corrected chi connectivity index (χ0v) is 13.7. The molecule has 1 amide bonds. The highest BCUT2D eigenvalue weighted by Crippen LogP contribution is 2.15. The Hall–Kier alpha value is -1.37. The lowest BCUT2D eigenvalue weighted by atomic mass is 10.0. The molecule has 2 aromatic rings. The van der Waals surface area contributed by atoms with Crippen molar-refractivity contribution in [1.82, 2.24) is 9.47 Å². The number of carbonyl (C=O) groups excluding carboxylic acids is 1. The molecule has 5 heteroatoms. The number of rotatable bonds is 0. The molecule has 1 aromatic carbocycles. The number of carbonyl (C=O) groups is 1. The molecule has 0 saturated carbocycles. The van der Waals surface area contributed by atoms with Gasteiger partial charge in [0, 0.05) is 13.1 Å².